The molecule has 2 aliphatic heterocycles. The van der Waals surface area contributed by atoms with Crippen LogP contribution in [0.25, 0.3) is 0 Å². The zero-order valence-electron chi connectivity index (χ0n) is 12.6. The standard InChI is InChI=1S/C16H24FN3O/c17-15-1-3-16(4-2-15)20-9-7-18(8-10-20)5-6-19-11-13-21-14-12-19/h1-4H,5-14H2/p+2. The number of nitrogens with zero attached hydrogens (tertiary/aromatic N) is 1. The van der Waals surface area contributed by atoms with Gasteiger partial charge in [0.15, 0.2) is 0 Å². The molecule has 0 aliphatic carbocycles. The van der Waals surface area contributed by atoms with E-state index >= 15 is 0 Å². The van der Waals surface area contributed by atoms with Gasteiger partial charge in [0.2, 0.25) is 0 Å². The largest absolute Gasteiger partial charge is 0.370 e. The molecule has 2 N–H and O–H groups in total. The van der Waals surface area contributed by atoms with Gasteiger partial charge >= 0.3 is 0 Å². The van der Waals surface area contributed by atoms with Gasteiger partial charge in [0.05, 0.1) is 39.4 Å². The van der Waals surface area contributed by atoms with E-state index in [1.54, 1.807) is 21.9 Å². The van der Waals surface area contributed by atoms with Gasteiger partial charge < -0.3 is 19.4 Å². The summed E-state index contributed by atoms with van der Waals surface area (Å²) in [5.74, 6) is -0.156. The fourth-order valence-corrected chi connectivity index (χ4v) is 3.25. The monoisotopic (exact) mass is 295 g/mol. The number of piperazine rings is 1. The minimum absolute atomic E-state index is 0.156. The van der Waals surface area contributed by atoms with Gasteiger partial charge in [-0.2, -0.15) is 0 Å². The predicted molar refractivity (Wildman–Crippen MR) is 80.6 cm³/mol. The Hall–Kier alpha value is -1.17. The molecule has 2 heterocycles. The van der Waals surface area contributed by atoms with Gasteiger partial charge in [0.25, 0.3) is 0 Å². The van der Waals surface area contributed by atoms with Crippen LogP contribution in [0.15, 0.2) is 24.3 Å². The van der Waals surface area contributed by atoms with Crippen molar-refractivity contribution in [2.24, 2.45) is 0 Å². The first kappa shape index (κ1) is 14.8. The van der Waals surface area contributed by atoms with Crippen LogP contribution in [0.1, 0.15) is 0 Å². The number of halogens is 1. The highest BCUT2D eigenvalue weighted by atomic mass is 19.1. The number of rotatable bonds is 4. The quantitative estimate of drug-likeness (QED) is 0.702. The molecule has 1 aromatic carbocycles. The van der Waals surface area contributed by atoms with Gasteiger partial charge in [0.1, 0.15) is 32.0 Å². The number of nitrogens with one attached hydrogen (secondary N) is 2. The normalized spacial score (nSPS) is 21.7. The third-order valence-electron chi connectivity index (χ3n) is 4.69. The van der Waals surface area contributed by atoms with Crippen molar-refractivity contribution >= 4 is 5.69 Å². The Morgan fingerprint density at radius 1 is 0.905 bits per heavy atom. The molecule has 0 unspecified atom stereocenters. The number of anilines is 1. The van der Waals surface area contributed by atoms with Crippen molar-refractivity contribution in [3.05, 3.63) is 30.1 Å². The molecule has 4 nitrogen and oxygen atoms in total. The van der Waals surface area contributed by atoms with Gasteiger partial charge in [-0.15, -0.1) is 0 Å². The second-order valence-corrected chi connectivity index (χ2v) is 6.08. The zero-order valence-corrected chi connectivity index (χ0v) is 12.6. The van der Waals surface area contributed by atoms with Crippen LogP contribution < -0.4 is 14.7 Å². The van der Waals surface area contributed by atoms with E-state index < -0.39 is 0 Å². The summed E-state index contributed by atoms with van der Waals surface area (Å²) in [5, 5.41) is 0. The average molecular weight is 295 g/mol. The lowest BCUT2D eigenvalue weighted by Gasteiger charge is -2.34. The number of quaternary nitrogens is 2. The van der Waals surface area contributed by atoms with E-state index in [9.17, 15) is 4.39 Å². The minimum atomic E-state index is -0.156. The summed E-state index contributed by atoms with van der Waals surface area (Å²) < 4.78 is 18.4. The van der Waals surface area contributed by atoms with Crippen molar-refractivity contribution in [3.8, 4) is 0 Å². The summed E-state index contributed by atoms with van der Waals surface area (Å²) in [4.78, 5) is 5.76. The van der Waals surface area contributed by atoms with Crippen molar-refractivity contribution < 1.29 is 18.9 Å². The minimum Gasteiger partial charge on any atom is -0.370 e. The molecule has 3 rings (SSSR count). The van der Waals surface area contributed by atoms with Gasteiger partial charge in [-0.1, -0.05) is 0 Å². The topological polar surface area (TPSA) is 21.4 Å². The summed E-state index contributed by atoms with van der Waals surface area (Å²) >= 11 is 0. The van der Waals surface area contributed by atoms with Crippen LogP contribution in [-0.2, 0) is 4.74 Å². The molecule has 0 aromatic heterocycles. The Balaban J connectivity index is 1.41. The smallest absolute Gasteiger partial charge is 0.127 e. The Morgan fingerprint density at radius 3 is 2.10 bits per heavy atom. The van der Waals surface area contributed by atoms with E-state index in [2.05, 4.69) is 4.90 Å². The molecule has 0 radical (unpaired) electrons. The van der Waals surface area contributed by atoms with Gasteiger partial charge in [0, 0.05) is 5.69 Å². The molecule has 116 valence electrons. The molecule has 5 heteroatoms. The summed E-state index contributed by atoms with van der Waals surface area (Å²) in [7, 11) is 0. The van der Waals surface area contributed by atoms with Crippen LogP contribution in [0.3, 0.4) is 0 Å². The number of benzene rings is 1. The highest BCUT2D eigenvalue weighted by Crippen LogP contribution is 2.14. The molecule has 21 heavy (non-hydrogen) atoms. The summed E-state index contributed by atoms with van der Waals surface area (Å²) in [6.07, 6.45) is 0. The Kier molecular flexibility index (Phi) is 5.06. The van der Waals surface area contributed by atoms with E-state index in [4.69, 9.17) is 4.74 Å². The lowest BCUT2D eigenvalue weighted by atomic mass is 10.2. The van der Waals surface area contributed by atoms with Crippen molar-refractivity contribution in [1.82, 2.24) is 0 Å². The third-order valence-corrected chi connectivity index (χ3v) is 4.69. The second-order valence-electron chi connectivity index (χ2n) is 6.08. The molecule has 0 amide bonds. The molecule has 2 saturated heterocycles. The van der Waals surface area contributed by atoms with Crippen LogP contribution >= 0.6 is 0 Å². The molecule has 1 aromatic rings. The van der Waals surface area contributed by atoms with E-state index in [0.29, 0.717) is 0 Å². The Morgan fingerprint density at radius 2 is 1.48 bits per heavy atom. The van der Waals surface area contributed by atoms with Crippen LogP contribution in [0.5, 0.6) is 0 Å². The first-order valence-corrected chi connectivity index (χ1v) is 8.07. The molecule has 0 bridgehead atoms. The maximum Gasteiger partial charge on any atom is 0.127 e. The number of morpholine rings is 1. The molecule has 0 saturated carbocycles. The molecular weight excluding hydrogens is 269 g/mol. The summed E-state index contributed by atoms with van der Waals surface area (Å²) in [5.41, 5.74) is 1.15. The SMILES string of the molecule is Fc1ccc(N2CC[NH+](CC[NH+]3CCOCC3)CC2)cc1. The molecule has 0 spiro atoms. The van der Waals surface area contributed by atoms with Crippen molar-refractivity contribution in [2.45, 2.75) is 0 Å². The van der Waals surface area contributed by atoms with Gasteiger partial charge in [-0.3, -0.25) is 0 Å². The molecular formula is C16H26FN3O+2. The van der Waals surface area contributed by atoms with Crippen LogP contribution in [0.4, 0.5) is 10.1 Å². The fourth-order valence-electron chi connectivity index (χ4n) is 3.25. The van der Waals surface area contributed by atoms with Crippen LogP contribution in [0, 0.1) is 5.82 Å². The van der Waals surface area contributed by atoms with Crippen LogP contribution in [0.2, 0.25) is 0 Å². The fraction of sp³-hybridized carbons (Fsp3) is 0.625. The third kappa shape index (κ3) is 4.15. The second kappa shape index (κ2) is 7.20. The van der Waals surface area contributed by atoms with Crippen LogP contribution in [-0.4, -0.2) is 65.6 Å². The van der Waals surface area contributed by atoms with Crippen molar-refractivity contribution in [3.63, 3.8) is 0 Å². The van der Waals surface area contributed by atoms with E-state index in [1.165, 1.54) is 26.2 Å². The first-order valence-electron chi connectivity index (χ1n) is 8.07. The highest BCUT2D eigenvalue weighted by molar-refractivity contribution is 5.46. The number of hydrogen-bond donors (Lipinski definition) is 2. The van der Waals surface area contributed by atoms with Gasteiger partial charge in [-0.05, 0) is 24.3 Å². The van der Waals surface area contributed by atoms with E-state index in [-0.39, 0.29) is 5.82 Å². The maximum atomic E-state index is 13.0. The van der Waals surface area contributed by atoms with Gasteiger partial charge in [-0.25, -0.2) is 4.39 Å². The lowest BCUT2D eigenvalue weighted by molar-refractivity contribution is -0.961. The molecule has 0 atom stereocenters. The van der Waals surface area contributed by atoms with Crippen molar-refractivity contribution in [2.75, 3.05) is 70.5 Å². The Bertz CT molecular complexity index is 426. The Labute approximate surface area is 126 Å². The number of hydrogen-bond acceptors (Lipinski definition) is 2. The zero-order chi connectivity index (χ0) is 14.5. The van der Waals surface area contributed by atoms with Crippen molar-refractivity contribution in [1.29, 1.82) is 0 Å². The lowest BCUT2D eigenvalue weighted by Crippen LogP contribution is -3.22. The maximum absolute atomic E-state index is 13.0. The predicted octanol–water partition coefficient (Wildman–Crippen LogP) is -1.55. The summed E-state index contributed by atoms with van der Waals surface area (Å²) in [6.45, 7) is 11.2. The molecule has 2 aliphatic rings. The highest BCUT2D eigenvalue weighted by Gasteiger charge is 2.22. The van der Waals surface area contributed by atoms with E-state index in [0.717, 1.165) is 45.1 Å². The number of ether oxygens (including phenoxy) is 1. The molecule has 2 fully saturated rings. The first-order chi connectivity index (χ1) is 10.3. The average Bonchev–Trinajstić information content (AvgIpc) is 2.55. The summed E-state index contributed by atoms with van der Waals surface area (Å²) in [6, 6.07) is 6.88. The van der Waals surface area contributed by atoms with E-state index in [1.807, 2.05) is 12.1 Å².